The van der Waals surface area contributed by atoms with E-state index in [1.165, 1.54) is 5.56 Å². The summed E-state index contributed by atoms with van der Waals surface area (Å²) in [5.74, 6) is 1.39. The first kappa shape index (κ1) is 15.0. The summed E-state index contributed by atoms with van der Waals surface area (Å²) in [5.41, 5.74) is 1.17. The van der Waals surface area contributed by atoms with E-state index in [2.05, 4.69) is 46.1 Å². The Hall–Kier alpha value is -1.39. The van der Waals surface area contributed by atoms with Crippen molar-refractivity contribution >= 4 is 15.9 Å². The molecule has 0 aliphatic carbocycles. The molecule has 1 atom stereocenters. The summed E-state index contributed by atoms with van der Waals surface area (Å²) in [7, 11) is 0. The number of halogens is 1. The van der Waals surface area contributed by atoms with Crippen molar-refractivity contribution in [1.29, 1.82) is 0 Å². The molecule has 0 amide bonds. The molecule has 0 saturated heterocycles. The fourth-order valence-electron chi connectivity index (χ4n) is 1.81. The van der Waals surface area contributed by atoms with Crippen LogP contribution in [0.1, 0.15) is 31.9 Å². The average Bonchev–Trinajstić information content (AvgIpc) is 2.48. The molecule has 1 unspecified atom stereocenters. The van der Waals surface area contributed by atoms with E-state index in [1.54, 1.807) is 0 Å². The fraction of sp³-hybridized carbons (Fsp3) is 0.312. The lowest BCUT2D eigenvalue weighted by molar-refractivity contribution is 0.461. The van der Waals surface area contributed by atoms with Gasteiger partial charge in [0.1, 0.15) is 5.75 Å². The number of nitrogens with zero attached hydrogens (tertiary/aromatic N) is 1. The minimum Gasteiger partial charge on any atom is -0.439 e. The van der Waals surface area contributed by atoms with Crippen molar-refractivity contribution in [2.24, 2.45) is 0 Å². The minimum absolute atomic E-state index is 0.309. The molecule has 4 heteroatoms. The Morgan fingerprint density at radius 1 is 1.20 bits per heavy atom. The molecule has 1 N–H and O–H groups in total. The normalized spacial score (nSPS) is 12.2. The molecule has 0 bridgehead atoms. The lowest BCUT2D eigenvalue weighted by Crippen LogP contribution is -2.19. The van der Waals surface area contributed by atoms with Crippen LogP contribution < -0.4 is 10.1 Å². The molecule has 2 aromatic rings. The van der Waals surface area contributed by atoms with Gasteiger partial charge in [0.2, 0.25) is 5.88 Å². The second kappa shape index (κ2) is 7.41. The summed E-state index contributed by atoms with van der Waals surface area (Å²) in [6.45, 7) is 5.31. The van der Waals surface area contributed by atoms with Crippen LogP contribution in [0.25, 0.3) is 0 Å². The standard InChI is InChI=1S/C16H19BrN2O/c1-3-10-18-12(2)13-4-9-16(19-11-13)20-15-7-5-14(17)6-8-15/h4-9,11-12,18H,3,10H2,1-2H3. The van der Waals surface area contributed by atoms with Crippen LogP contribution in [-0.4, -0.2) is 11.5 Å². The second-order valence-corrected chi connectivity index (χ2v) is 5.58. The predicted octanol–water partition coefficient (Wildman–Crippen LogP) is 4.70. The molecule has 0 aliphatic heterocycles. The van der Waals surface area contributed by atoms with Crippen LogP contribution >= 0.6 is 15.9 Å². The molecule has 1 aromatic heterocycles. The highest BCUT2D eigenvalue weighted by Gasteiger charge is 2.05. The van der Waals surface area contributed by atoms with Gasteiger partial charge in [0.15, 0.2) is 0 Å². The molecule has 2 rings (SSSR count). The topological polar surface area (TPSA) is 34.1 Å². The zero-order valence-electron chi connectivity index (χ0n) is 11.8. The maximum absolute atomic E-state index is 5.70. The second-order valence-electron chi connectivity index (χ2n) is 4.66. The molecule has 0 saturated carbocycles. The van der Waals surface area contributed by atoms with Crippen LogP contribution in [0.4, 0.5) is 0 Å². The summed E-state index contributed by atoms with van der Waals surface area (Å²) in [6.07, 6.45) is 2.99. The molecule has 0 aliphatic rings. The van der Waals surface area contributed by atoms with Crippen LogP contribution in [0.5, 0.6) is 11.6 Å². The molecular formula is C16H19BrN2O. The van der Waals surface area contributed by atoms with Crippen molar-refractivity contribution < 1.29 is 4.74 Å². The van der Waals surface area contributed by atoms with E-state index in [-0.39, 0.29) is 0 Å². The Morgan fingerprint density at radius 3 is 2.55 bits per heavy atom. The van der Waals surface area contributed by atoms with Gasteiger partial charge in [-0.25, -0.2) is 4.98 Å². The first-order valence-corrected chi connectivity index (χ1v) is 7.61. The largest absolute Gasteiger partial charge is 0.439 e. The van der Waals surface area contributed by atoms with Gasteiger partial charge in [0.25, 0.3) is 0 Å². The maximum atomic E-state index is 5.70. The lowest BCUT2D eigenvalue weighted by atomic mass is 10.1. The average molecular weight is 335 g/mol. The number of rotatable bonds is 6. The molecule has 0 fully saturated rings. The minimum atomic E-state index is 0.309. The highest BCUT2D eigenvalue weighted by atomic mass is 79.9. The first-order valence-electron chi connectivity index (χ1n) is 6.82. The monoisotopic (exact) mass is 334 g/mol. The van der Waals surface area contributed by atoms with Crippen LogP contribution in [0.15, 0.2) is 47.1 Å². The van der Waals surface area contributed by atoms with Gasteiger partial charge in [-0.15, -0.1) is 0 Å². The number of nitrogens with one attached hydrogen (secondary N) is 1. The van der Waals surface area contributed by atoms with Gasteiger partial charge in [-0.2, -0.15) is 0 Å². The summed E-state index contributed by atoms with van der Waals surface area (Å²) in [6, 6.07) is 12.0. The Kier molecular flexibility index (Phi) is 5.56. The van der Waals surface area contributed by atoms with E-state index < -0.39 is 0 Å². The van der Waals surface area contributed by atoms with Crippen molar-refractivity contribution in [2.45, 2.75) is 26.3 Å². The van der Waals surface area contributed by atoms with E-state index in [4.69, 9.17) is 4.74 Å². The number of pyridine rings is 1. The van der Waals surface area contributed by atoms with Crippen LogP contribution in [0.2, 0.25) is 0 Å². The highest BCUT2D eigenvalue weighted by molar-refractivity contribution is 9.10. The highest BCUT2D eigenvalue weighted by Crippen LogP contribution is 2.22. The van der Waals surface area contributed by atoms with Crippen LogP contribution in [0, 0.1) is 0 Å². The third-order valence-electron chi connectivity index (χ3n) is 3.00. The lowest BCUT2D eigenvalue weighted by Gasteiger charge is -2.13. The van der Waals surface area contributed by atoms with Crippen molar-refractivity contribution in [2.75, 3.05) is 6.54 Å². The third kappa shape index (κ3) is 4.32. The van der Waals surface area contributed by atoms with Gasteiger partial charge in [-0.1, -0.05) is 28.9 Å². The predicted molar refractivity (Wildman–Crippen MR) is 85.2 cm³/mol. The van der Waals surface area contributed by atoms with Crippen LogP contribution in [0.3, 0.4) is 0 Å². The molecule has 0 radical (unpaired) electrons. The Labute approximate surface area is 128 Å². The number of hydrogen-bond acceptors (Lipinski definition) is 3. The molecule has 106 valence electrons. The SMILES string of the molecule is CCCNC(C)c1ccc(Oc2ccc(Br)cc2)nc1. The van der Waals surface area contributed by atoms with Gasteiger partial charge in [-0.05, 0) is 49.7 Å². The summed E-state index contributed by atoms with van der Waals surface area (Å²) in [5, 5.41) is 3.44. The quantitative estimate of drug-likeness (QED) is 0.831. The Morgan fingerprint density at radius 2 is 1.95 bits per heavy atom. The van der Waals surface area contributed by atoms with Crippen molar-refractivity contribution in [1.82, 2.24) is 10.3 Å². The van der Waals surface area contributed by atoms with Gasteiger partial charge < -0.3 is 10.1 Å². The molecule has 1 heterocycles. The fourth-order valence-corrected chi connectivity index (χ4v) is 2.07. The summed E-state index contributed by atoms with van der Waals surface area (Å²) < 4.78 is 6.73. The van der Waals surface area contributed by atoms with Gasteiger partial charge in [0, 0.05) is 22.8 Å². The van der Waals surface area contributed by atoms with E-state index >= 15 is 0 Å². The van der Waals surface area contributed by atoms with Crippen molar-refractivity contribution in [3.8, 4) is 11.6 Å². The van der Waals surface area contributed by atoms with Gasteiger partial charge in [0.05, 0.1) is 0 Å². The summed E-state index contributed by atoms with van der Waals surface area (Å²) in [4.78, 5) is 4.35. The van der Waals surface area contributed by atoms with E-state index in [0.717, 1.165) is 23.2 Å². The number of aromatic nitrogens is 1. The number of hydrogen-bond donors (Lipinski definition) is 1. The van der Waals surface area contributed by atoms with E-state index in [1.807, 2.05) is 36.5 Å². The number of ether oxygens (including phenoxy) is 1. The molecular weight excluding hydrogens is 316 g/mol. The van der Waals surface area contributed by atoms with Crippen molar-refractivity contribution in [3.63, 3.8) is 0 Å². The molecule has 20 heavy (non-hydrogen) atoms. The Balaban J connectivity index is 1.99. The van der Waals surface area contributed by atoms with E-state index in [0.29, 0.717) is 11.9 Å². The Bertz CT molecular complexity index is 525. The molecule has 3 nitrogen and oxygen atoms in total. The molecule has 1 aromatic carbocycles. The first-order chi connectivity index (χ1) is 9.69. The zero-order chi connectivity index (χ0) is 14.4. The summed E-state index contributed by atoms with van der Waals surface area (Å²) >= 11 is 3.40. The van der Waals surface area contributed by atoms with Crippen LogP contribution in [-0.2, 0) is 0 Å². The number of benzene rings is 1. The van der Waals surface area contributed by atoms with Gasteiger partial charge >= 0.3 is 0 Å². The maximum Gasteiger partial charge on any atom is 0.219 e. The molecule has 0 spiro atoms. The van der Waals surface area contributed by atoms with E-state index in [9.17, 15) is 0 Å². The third-order valence-corrected chi connectivity index (χ3v) is 3.52. The smallest absolute Gasteiger partial charge is 0.219 e. The van der Waals surface area contributed by atoms with Crippen molar-refractivity contribution in [3.05, 3.63) is 52.6 Å². The van der Waals surface area contributed by atoms with Gasteiger partial charge in [-0.3, -0.25) is 0 Å². The zero-order valence-corrected chi connectivity index (χ0v) is 13.4.